The highest BCUT2D eigenvalue weighted by atomic mass is 16.2. The minimum Gasteiger partial charge on any atom is -0.348 e. The highest BCUT2D eigenvalue weighted by Crippen LogP contribution is 2.36. The summed E-state index contributed by atoms with van der Waals surface area (Å²) in [5, 5.41) is 14.6. The number of carbonyl (C=O) groups excluding carboxylic acids is 1. The molecule has 0 aromatic carbocycles. The van der Waals surface area contributed by atoms with Gasteiger partial charge in [0.05, 0.1) is 12.2 Å². The van der Waals surface area contributed by atoms with Gasteiger partial charge in [0.25, 0.3) is 5.91 Å². The van der Waals surface area contributed by atoms with Gasteiger partial charge in [0.2, 0.25) is 0 Å². The summed E-state index contributed by atoms with van der Waals surface area (Å²) in [4.78, 5) is 12.3. The molecule has 21 heavy (non-hydrogen) atoms. The maximum absolute atomic E-state index is 12.3. The van der Waals surface area contributed by atoms with Crippen LogP contribution in [0.15, 0.2) is 6.20 Å². The van der Waals surface area contributed by atoms with E-state index in [2.05, 4.69) is 34.8 Å². The Labute approximate surface area is 125 Å². The standard InChI is InChI=1S/C15H25N5O/c1-15(2)6-3-11(9-15)17-14(21)13-10-20(19-18-13)12-4-7-16-8-5-12/h10-12,16H,3-9H2,1-2H3,(H,17,21). The van der Waals surface area contributed by atoms with E-state index in [1.165, 1.54) is 6.42 Å². The lowest BCUT2D eigenvalue weighted by molar-refractivity contribution is 0.0931. The second-order valence-corrected chi connectivity index (χ2v) is 7.14. The summed E-state index contributed by atoms with van der Waals surface area (Å²) in [5.74, 6) is -0.0853. The predicted octanol–water partition coefficient (Wildman–Crippen LogP) is 1.51. The molecule has 2 N–H and O–H groups in total. The number of amides is 1. The van der Waals surface area contributed by atoms with Crippen LogP contribution < -0.4 is 10.6 Å². The number of nitrogens with one attached hydrogen (secondary N) is 2. The topological polar surface area (TPSA) is 71.8 Å². The molecule has 0 bridgehead atoms. The molecule has 1 atom stereocenters. The summed E-state index contributed by atoms with van der Waals surface area (Å²) >= 11 is 0. The fourth-order valence-electron chi connectivity index (χ4n) is 3.45. The van der Waals surface area contributed by atoms with Gasteiger partial charge in [-0.15, -0.1) is 5.10 Å². The quantitative estimate of drug-likeness (QED) is 0.885. The Hall–Kier alpha value is -1.43. The van der Waals surface area contributed by atoms with Crippen LogP contribution in [0, 0.1) is 5.41 Å². The molecule has 1 unspecified atom stereocenters. The summed E-state index contributed by atoms with van der Waals surface area (Å²) in [6.45, 7) is 6.52. The molecule has 2 heterocycles. The third-order valence-electron chi connectivity index (χ3n) is 4.73. The predicted molar refractivity (Wildman–Crippen MR) is 80.0 cm³/mol. The van der Waals surface area contributed by atoms with Gasteiger partial charge in [-0.05, 0) is 50.6 Å². The summed E-state index contributed by atoms with van der Waals surface area (Å²) < 4.78 is 1.86. The monoisotopic (exact) mass is 291 g/mol. The Morgan fingerprint density at radius 2 is 2.14 bits per heavy atom. The van der Waals surface area contributed by atoms with Gasteiger partial charge in [-0.25, -0.2) is 4.68 Å². The summed E-state index contributed by atoms with van der Waals surface area (Å²) in [7, 11) is 0. The van der Waals surface area contributed by atoms with Crippen LogP contribution >= 0.6 is 0 Å². The maximum Gasteiger partial charge on any atom is 0.273 e. The molecule has 2 fully saturated rings. The molecule has 2 aliphatic rings. The van der Waals surface area contributed by atoms with Gasteiger partial charge < -0.3 is 10.6 Å². The van der Waals surface area contributed by atoms with Gasteiger partial charge in [0, 0.05) is 6.04 Å². The lowest BCUT2D eigenvalue weighted by Crippen LogP contribution is -2.33. The highest BCUT2D eigenvalue weighted by Gasteiger charge is 2.32. The summed E-state index contributed by atoms with van der Waals surface area (Å²) in [5.41, 5.74) is 0.781. The van der Waals surface area contributed by atoms with E-state index < -0.39 is 0 Å². The Morgan fingerprint density at radius 1 is 1.38 bits per heavy atom. The van der Waals surface area contributed by atoms with E-state index in [9.17, 15) is 4.79 Å². The zero-order valence-electron chi connectivity index (χ0n) is 12.9. The first-order chi connectivity index (χ1) is 10.0. The molecular formula is C15H25N5O. The van der Waals surface area contributed by atoms with Crippen LogP contribution in [0.5, 0.6) is 0 Å². The Kier molecular flexibility index (Phi) is 3.97. The van der Waals surface area contributed by atoms with Crippen LogP contribution in [-0.4, -0.2) is 40.0 Å². The van der Waals surface area contributed by atoms with Crippen LogP contribution in [0.25, 0.3) is 0 Å². The van der Waals surface area contributed by atoms with E-state index in [1.54, 1.807) is 6.20 Å². The molecule has 1 aromatic heterocycles. The first-order valence-electron chi connectivity index (χ1n) is 7.97. The van der Waals surface area contributed by atoms with E-state index in [-0.39, 0.29) is 11.9 Å². The fraction of sp³-hybridized carbons (Fsp3) is 0.800. The minimum absolute atomic E-state index is 0.0853. The van der Waals surface area contributed by atoms with Crippen molar-refractivity contribution >= 4 is 5.91 Å². The number of rotatable bonds is 3. The molecule has 6 nitrogen and oxygen atoms in total. The molecule has 1 aliphatic carbocycles. The normalized spacial score (nSPS) is 25.9. The molecule has 6 heteroatoms. The van der Waals surface area contributed by atoms with Gasteiger partial charge in [-0.1, -0.05) is 19.1 Å². The largest absolute Gasteiger partial charge is 0.348 e. The number of hydrogen-bond donors (Lipinski definition) is 2. The number of piperidine rings is 1. The summed E-state index contributed by atoms with van der Waals surface area (Å²) in [6.07, 6.45) is 7.15. The van der Waals surface area contributed by atoms with Crippen LogP contribution in [0.1, 0.15) is 62.5 Å². The molecule has 0 spiro atoms. The van der Waals surface area contributed by atoms with Crippen LogP contribution in [0.3, 0.4) is 0 Å². The third-order valence-corrected chi connectivity index (χ3v) is 4.73. The summed E-state index contributed by atoms with van der Waals surface area (Å²) in [6, 6.07) is 0.641. The second-order valence-electron chi connectivity index (χ2n) is 7.14. The van der Waals surface area contributed by atoms with E-state index in [0.717, 1.165) is 38.8 Å². The van der Waals surface area contributed by atoms with Crippen molar-refractivity contribution in [2.45, 2.75) is 58.0 Å². The first-order valence-corrected chi connectivity index (χ1v) is 7.97. The van der Waals surface area contributed by atoms with Crippen LogP contribution in [0.4, 0.5) is 0 Å². The molecule has 3 rings (SSSR count). The zero-order valence-corrected chi connectivity index (χ0v) is 12.9. The van der Waals surface area contributed by atoms with Gasteiger partial charge in [-0.2, -0.15) is 0 Å². The number of carbonyl (C=O) groups is 1. The van der Waals surface area contributed by atoms with Crippen molar-refractivity contribution in [3.8, 4) is 0 Å². The van der Waals surface area contributed by atoms with Gasteiger partial charge in [0.1, 0.15) is 0 Å². The molecule has 1 saturated heterocycles. The fourth-order valence-corrected chi connectivity index (χ4v) is 3.45. The van der Waals surface area contributed by atoms with Crippen molar-refractivity contribution in [3.05, 3.63) is 11.9 Å². The lowest BCUT2D eigenvalue weighted by Gasteiger charge is -2.22. The third kappa shape index (κ3) is 3.43. The van der Waals surface area contributed by atoms with Crippen molar-refractivity contribution in [2.75, 3.05) is 13.1 Å². The average Bonchev–Trinajstić information content (AvgIpc) is 3.07. The second kappa shape index (κ2) is 5.75. The van der Waals surface area contributed by atoms with Crippen molar-refractivity contribution in [1.29, 1.82) is 0 Å². The van der Waals surface area contributed by atoms with E-state index in [0.29, 0.717) is 17.2 Å². The Bertz CT molecular complexity index is 504. The zero-order chi connectivity index (χ0) is 14.9. The first kappa shape index (κ1) is 14.5. The molecule has 1 aromatic rings. The van der Waals surface area contributed by atoms with Crippen LogP contribution in [0.2, 0.25) is 0 Å². The van der Waals surface area contributed by atoms with Crippen molar-refractivity contribution in [1.82, 2.24) is 25.6 Å². The average molecular weight is 291 g/mol. The molecule has 1 aliphatic heterocycles. The molecule has 1 amide bonds. The van der Waals surface area contributed by atoms with Gasteiger partial charge >= 0.3 is 0 Å². The minimum atomic E-state index is -0.0853. The highest BCUT2D eigenvalue weighted by molar-refractivity contribution is 5.92. The Balaban J connectivity index is 1.59. The van der Waals surface area contributed by atoms with Crippen molar-refractivity contribution in [2.24, 2.45) is 5.41 Å². The van der Waals surface area contributed by atoms with Crippen molar-refractivity contribution < 1.29 is 4.79 Å². The lowest BCUT2D eigenvalue weighted by atomic mass is 9.92. The maximum atomic E-state index is 12.3. The molecule has 116 valence electrons. The number of aromatic nitrogens is 3. The Morgan fingerprint density at radius 3 is 2.81 bits per heavy atom. The number of nitrogens with zero attached hydrogens (tertiary/aromatic N) is 3. The van der Waals surface area contributed by atoms with Crippen LogP contribution in [-0.2, 0) is 0 Å². The van der Waals surface area contributed by atoms with E-state index >= 15 is 0 Å². The van der Waals surface area contributed by atoms with E-state index in [1.807, 2.05) is 4.68 Å². The SMILES string of the molecule is CC1(C)CCC(NC(=O)c2cn(C3CCNCC3)nn2)C1. The molecule has 1 saturated carbocycles. The smallest absolute Gasteiger partial charge is 0.273 e. The molecule has 0 radical (unpaired) electrons. The van der Waals surface area contributed by atoms with Gasteiger partial charge in [0.15, 0.2) is 5.69 Å². The van der Waals surface area contributed by atoms with Gasteiger partial charge in [-0.3, -0.25) is 4.79 Å². The number of hydrogen-bond acceptors (Lipinski definition) is 4. The molecular weight excluding hydrogens is 266 g/mol. The van der Waals surface area contributed by atoms with Crippen molar-refractivity contribution in [3.63, 3.8) is 0 Å². The van der Waals surface area contributed by atoms with E-state index in [4.69, 9.17) is 0 Å².